The average molecular weight is 442 g/mol. The lowest BCUT2D eigenvalue weighted by Gasteiger charge is -2.40. The van der Waals surface area contributed by atoms with Crippen LogP contribution in [0.1, 0.15) is 43.2 Å². The molecular weight excluding hydrogens is 414 g/mol. The summed E-state index contributed by atoms with van der Waals surface area (Å²) >= 11 is 1.74. The van der Waals surface area contributed by atoms with Crippen LogP contribution in [0.15, 0.2) is 60.7 Å². The van der Waals surface area contributed by atoms with E-state index in [2.05, 4.69) is 60.8 Å². The van der Waals surface area contributed by atoms with Crippen molar-refractivity contribution in [2.45, 2.75) is 45.3 Å². The number of carbonyl (C=O) groups is 1. The molecule has 0 fully saturated rings. The first kappa shape index (κ1) is 22.3. The number of rotatable bonds is 5. The number of thiophene rings is 1. The number of nitrogens with two attached hydrogens (primary N) is 1. The van der Waals surface area contributed by atoms with Crippen LogP contribution in [0.4, 0.5) is 11.4 Å². The summed E-state index contributed by atoms with van der Waals surface area (Å²) in [6.45, 7) is 4.64. The number of hydrogen-bond donors (Lipinski definition) is 2. The lowest BCUT2D eigenvalue weighted by molar-refractivity contribution is -0.118. The summed E-state index contributed by atoms with van der Waals surface area (Å²) in [5.41, 5.74) is 10.2. The minimum absolute atomic E-state index is 0. The molecule has 158 valence electrons. The van der Waals surface area contributed by atoms with E-state index in [4.69, 9.17) is 5.73 Å². The van der Waals surface area contributed by atoms with E-state index in [0.717, 1.165) is 17.8 Å². The number of nitrogens with zero attached hydrogens (tertiary/aromatic N) is 1. The van der Waals surface area contributed by atoms with Crippen LogP contribution in [0, 0.1) is 0 Å². The fraction of sp³-hybridized carbons (Fsp3) is 0.292. The van der Waals surface area contributed by atoms with Crippen LogP contribution >= 0.6 is 23.7 Å². The molecule has 4 rings (SSSR count). The lowest BCUT2D eigenvalue weighted by Crippen LogP contribution is -2.44. The van der Waals surface area contributed by atoms with E-state index in [1.165, 1.54) is 20.9 Å². The Kier molecular flexibility index (Phi) is 7.19. The summed E-state index contributed by atoms with van der Waals surface area (Å²) in [5, 5.41) is 3.69. The Hall–Kier alpha value is -2.34. The number of nitrogens with one attached hydrogen (secondary N) is 1. The van der Waals surface area contributed by atoms with Crippen LogP contribution in [0.5, 0.6) is 0 Å². The minimum Gasteiger partial charge on any atom is -0.378 e. The number of amides is 1. The smallest absolute Gasteiger partial charge is 0.226 e. The van der Waals surface area contributed by atoms with Gasteiger partial charge in [-0.2, -0.15) is 0 Å². The molecule has 1 amide bonds. The molecule has 0 radical (unpaired) electrons. The van der Waals surface area contributed by atoms with Gasteiger partial charge in [0.15, 0.2) is 0 Å². The lowest BCUT2D eigenvalue weighted by atomic mass is 9.91. The third kappa shape index (κ3) is 4.38. The Labute approximate surface area is 188 Å². The van der Waals surface area contributed by atoms with Crippen LogP contribution in [-0.4, -0.2) is 11.9 Å². The highest BCUT2D eigenvalue weighted by Gasteiger charge is 2.32. The summed E-state index contributed by atoms with van der Waals surface area (Å²) in [7, 11) is 0. The second kappa shape index (κ2) is 9.65. The van der Waals surface area contributed by atoms with E-state index in [1.807, 2.05) is 24.0 Å². The van der Waals surface area contributed by atoms with E-state index < -0.39 is 0 Å². The predicted octanol–water partition coefficient (Wildman–Crippen LogP) is 5.98. The van der Waals surface area contributed by atoms with Crippen LogP contribution in [0.25, 0.3) is 10.4 Å². The maximum Gasteiger partial charge on any atom is 0.226 e. The normalized spacial score (nSPS) is 17.8. The highest BCUT2D eigenvalue weighted by atomic mass is 35.5. The molecule has 3 N–H and O–H groups in total. The van der Waals surface area contributed by atoms with Crippen molar-refractivity contribution in [1.82, 2.24) is 0 Å². The van der Waals surface area contributed by atoms with Crippen molar-refractivity contribution in [3.63, 3.8) is 0 Å². The first-order valence-electron chi connectivity index (χ1n) is 10.2. The molecule has 0 unspecified atom stereocenters. The minimum atomic E-state index is 0. The molecule has 4 nitrogen and oxygen atoms in total. The van der Waals surface area contributed by atoms with E-state index >= 15 is 0 Å². The molecule has 1 aromatic heterocycles. The molecule has 3 aromatic rings. The van der Waals surface area contributed by atoms with Crippen LogP contribution in [0.2, 0.25) is 0 Å². The molecule has 2 heterocycles. The SMILES string of the molecule is CCC(=O)N1c2ccccc2[C@H](Nc2ccc(-c3ccc(CN)s3)cc2)C[C@@H]1C.Cl. The number of benzene rings is 2. The molecule has 1 aliphatic rings. The van der Waals surface area contributed by atoms with Gasteiger partial charge in [-0.25, -0.2) is 0 Å². The van der Waals surface area contributed by atoms with Gasteiger partial charge in [0.25, 0.3) is 0 Å². The molecule has 2 atom stereocenters. The number of hydrogen-bond acceptors (Lipinski definition) is 4. The fourth-order valence-corrected chi connectivity index (χ4v) is 4.97. The second-order valence-corrected chi connectivity index (χ2v) is 8.67. The van der Waals surface area contributed by atoms with Gasteiger partial charge in [-0.3, -0.25) is 4.79 Å². The second-order valence-electron chi connectivity index (χ2n) is 7.51. The standard InChI is InChI=1S/C24H27N3OS.ClH/c1-3-24(28)27-16(2)14-21(20-6-4-5-7-22(20)27)26-18-10-8-17(9-11-18)23-13-12-19(15-25)29-23;/h4-13,16,21,26H,3,14-15,25H2,1-2H3;1H/t16-,21+;/m0./s1. The summed E-state index contributed by atoms with van der Waals surface area (Å²) in [5.74, 6) is 0.181. The van der Waals surface area contributed by atoms with Crippen molar-refractivity contribution < 1.29 is 4.79 Å². The highest BCUT2D eigenvalue weighted by molar-refractivity contribution is 7.15. The van der Waals surface area contributed by atoms with E-state index in [1.54, 1.807) is 11.3 Å². The number of para-hydroxylation sites is 1. The molecule has 0 bridgehead atoms. The van der Waals surface area contributed by atoms with Gasteiger partial charge in [-0.15, -0.1) is 23.7 Å². The van der Waals surface area contributed by atoms with Crippen LogP contribution < -0.4 is 16.0 Å². The maximum absolute atomic E-state index is 12.5. The largest absolute Gasteiger partial charge is 0.378 e. The van der Waals surface area contributed by atoms with Crippen LogP contribution in [-0.2, 0) is 11.3 Å². The van der Waals surface area contributed by atoms with Gasteiger partial charge in [0.1, 0.15) is 0 Å². The molecule has 30 heavy (non-hydrogen) atoms. The predicted molar refractivity (Wildman–Crippen MR) is 130 cm³/mol. The fourth-order valence-electron chi connectivity index (χ4n) is 4.07. The van der Waals surface area contributed by atoms with Crippen LogP contribution in [0.3, 0.4) is 0 Å². The zero-order valence-corrected chi connectivity index (χ0v) is 18.9. The zero-order chi connectivity index (χ0) is 20.4. The van der Waals surface area contributed by atoms with Crippen molar-refractivity contribution in [3.05, 3.63) is 71.1 Å². The molecule has 2 aromatic carbocycles. The molecular formula is C24H28ClN3OS. The van der Waals surface area contributed by atoms with Gasteiger partial charge in [-0.05, 0) is 54.8 Å². The monoisotopic (exact) mass is 441 g/mol. The van der Waals surface area contributed by atoms with E-state index in [-0.39, 0.29) is 30.4 Å². The first-order valence-corrected chi connectivity index (χ1v) is 11.0. The van der Waals surface area contributed by atoms with E-state index in [0.29, 0.717) is 13.0 Å². The topological polar surface area (TPSA) is 58.4 Å². The third-order valence-corrected chi connectivity index (χ3v) is 6.69. The summed E-state index contributed by atoms with van der Waals surface area (Å²) in [6, 6.07) is 21.4. The van der Waals surface area contributed by atoms with Gasteiger partial charge in [-0.1, -0.05) is 37.3 Å². The van der Waals surface area contributed by atoms with Crippen molar-refractivity contribution in [3.8, 4) is 10.4 Å². The Morgan fingerprint density at radius 2 is 1.87 bits per heavy atom. The quantitative estimate of drug-likeness (QED) is 0.511. The Morgan fingerprint density at radius 1 is 1.13 bits per heavy atom. The molecule has 0 spiro atoms. The van der Waals surface area contributed by atoms with Gasteiger partial charge in [0, 0.05) is 40.1 Å². The van der Waals surface area contributed by atoms with Crippen molar-refractivity contribution in [1.29, 1.82) is 0 Å². The van der Waals surface area contributed by atoms with Crippen molar-refractivity contribution in [2.24, 2.45) is 5.73 Å². The van der Waals surface area contributed by atoms with Gasteiger partial charge in [0.05, 0.1) is 6.04 Å². The van der Waals surface area contributed by atoms with Crippen molar-refractivity contribution >= 4 is 41.0 Å². The molecule has 0 saturated carbocycles. The molecule has 0 aliphatic carbocycles. The van der Waals surface area contributed by atoms with Crippen molar-refractivity contribution in [2.75, 3.05) is 10.2 Å². The first-order chi connectivity index (χ1) is 14.1. The number of fused-ring (bicyclic) bond motifs is 1. The average Bonchev–Trinajstić information content (AvgIpc) is 3.23. The van der Waals surface area contributed by atoms with Gasteiger partial charge < -0.3 is 16.0 Å². The Morgan fingerprint density at radius 3 is 2.53 bits per heavy atom. The number of halogens is 1. The van der Waals surface area contributed by atoms with E-state index in [9.17, 15) is 4.79 Å². The zero-order valence-electron chi connectivity index (χ0n) is 17.3. The molecule has 6 heteroatoms. The maximum atomic E-state index is 12.5. The van der Waals surface area contributed by atoms with Gasteiger partial charge in [0.2, 0.25) is 5.91 Å². The Bertz CT molecular complexity index is 1000. The highest BCUT2D eigenvalue weighted by Crippen LogP contribution is 2.39. The number of anilines is 2. The summed E-state index contributed by atoms with van der Waals surface area (Å²) in [4.78, 5) is 16.9. The Balaban J connectivity index is 0.00000256. The molecule has 0 saturated heterocycles. The summed E-state index contributed by atoms with van der Waals surface area (Å²) < 4.78 is 0. The van der Waals surface area contributed by atoms with Gasteiger partial charge >= 0.3 is 0 Å². The summed E-state index contributed by atoms with van der Waals surface area (Å²) in [6.07, 6.45) is 1.40. The number of carbonyl (C=O) groups excluding carboxylic acids is 1. The third-order valence-electron chi connectivity index (χ3n) is 5.53. The molecule has 1 aliphatic heterocycles.